The number of carbonyl (C=O) groups excluding carboxylic acids is 1. The molecule has 6 heteroatoms. The van der Waals surface area contributed by atoms with Gasteiger partial charge >= 0.3 is 0 Å². The van der Waals surface area contributed by atoms with Gasteiger partial charge in [-0.05, 0) is 26.8 Å². The summed E-state index contributed by atoms with van der Waals surface area (Å²) in [7, 11) is 0. The molecule has 0 fully saturated rings. The number of nitrogens with zero attached hydrogens (tertiary/aromatic N) is 2. The molecule has 1 aromatic heterocycles. The van der Waals surface area contributed by atoms with Crippen LogP contribution in [0.1, 0.15) is 20.8 Å². The molecule has 1 rings (SSSR count). The van der Waals surface area contributed by atoms with Crippen molar-refractivity contribution in [3.8, 4) is 0 Å². The number of anilines is 2. The van der Waals surface area contributed by atoms with Crippen molar-refractivity contribution in [2.24, 2.45) is 5.84 Å². The van der Waals surface area contributed by atoms with Gasteiger partial charge in [-0.3, -0.25) is 4.79 Å². The van der Waals surface area contributed by atoms with Gasteiger partial charge in [-0.2, -0.15) is 0 Å². The molecule has 0 atom stereocenters. The van der Waals surface area contributed by atoms with E-state index in [9.17, 15) is 4.79 Å². The van der Waals surface area contributed by atoms with Crippen LogP contribution in [0.25, 0.3) is 0 Å². The summed E-state index contributed by atoms with van der Waals surface area (Å²) >= 11 is 0. The predicted octanol–water partition coefficient (Wildman–Crippen LogP) is 0.718. The molecular formula is C12H21N5O. The van der Waals surface area contributed by atoms with Crippen LogP contribution in [0.4, 0.5) is 11.5 Å². The molecule has 6 nitrogen and oxygen atoms in total. The van der Waals surface area contributed by atoms with Crippen LogP contribution >= 0.6 is 0 Å². The number of nitrogens with one attached hydrogen (secondary N) is 2. The molecule has 0 bridgehead atoms. The van der Waals surface area contributed by atoms with Crippen molar-refractivity contribution in [1.29, 1.82) is 0 Å². The number of amides is 1. The molecule has 1 aromatic rings. The monoisotopic (exact) mass is 251 g/mol. The summed E-state index contributed by atoms with van der Waals surface area (Å²) in [5.41, 5.74) is 3.41. The smallest absolute Gasteiger partial charge is 0.239 e. The van der Waals surface area contributed by atoms with E-state index in [1.54, 1.807) is 6.20 Å². The number of pyridine rings is 1. The largest absolute Gasteiger partial charge is 0.362 e. The Morgan fingerprint density at radius 3 is 2.83 bits per heavy atom. The highest BCUT2D eigenvalue weighted by Gasteiger charge is 2.11. The first-order valence-corrected chi connectivity index (χ1v) is 6.03. The topological polar surface area (TPSA) is 83.3 Å². The number of hydrogen-bond donors (Lipinski definition) is 3. The van der Waals surface area contributed by atoms with Crippen molar-refractivity contribution in [2.45, 2.75) is 26.8 Å². The number of hydrogen-bond acceptors (Lipinski definition) is 5. The van der Waals surface area contributed by atoms with Gasteiger partial charge in [0.25, 0.3) is 0 Å². The Morgan fingerprint density at radius 2 is 2.28 bits per heavy atom. The Labute approximate surface area is 108 Å². The summed E-state index contributed by atoms with van der Waals surface area (Å²) in [5, 5.41) is 2.87. The third-order valence-electron chi connectivity index (χ3n) is 2.42. The van der Waals surface area contributed by atoms with E-state index in [2.05, 4.69) is 15.7 Å². The fourth-order valence-electron chi connectivity index (χ4n) is 1.62. The first-order chi connectivity index (χ1) is 8.56. The third-order valence-corrected chi connectivity index (χ3v) is 2.42. The molecule has 0 aliphatic heterocycles. The minimum absolute atomic E-state index is 0.00548. The van der Waals surface area contributed by atoms with Gasteiger partial charge in [0.15, 0.2) is 0 Å². The Balaban J connectivity index is 2.73. The predicted molar refractivity (Wildman–Crippen MR) is 73.2 cm³/mol. The van der Waals surface area contributed by atoms with Crippen molar-refractivity contribution < 1.29 is 4.79 Å². The standard InChI is InChI=1S/C12H21N5O/c1-4-17(8-12(18)15-9(2)3)10-5-6-14-11(7-10)16-13/h5-7,9H,4,8,13H2,1-3H3,(H,14,16)(H,15,18). The number of aromatic nitrogens is 1. The van der Waals surface area contributed by atoms with Crippen LogP contribution in [0.5, 0.6) is 0 Å². The molecule has 0 aromatic carbocycles. The SMILES string of the molecule is CCN(CC(=O)NC(C)C)c1ccnc(NN)c1. The molecule has 0 aliphatic rings. The maximum Gasteiger partial charge on any atom is 0.239 e. The number of nitrogens with two attached hydrogens (primary N) is 1. The maximum absolute atomic E-state index is 11.7. The van der Waals surface area contributed by atoms with E-state index < -0.39 is 0 Å². The first kappa shape index (κ1) is 14.2. The fourth-order valence-corrected chi connectivity index (χ4v) is 1.62. The van der Waals surface area contributed by atoms with Crippen LogP contribution in [0.15, 0.2) is 18.3 Å². The van der Waals surface area contributed by atoms with E-state index in [1.807, 2.05) is 37.8 Å². The average molecular weight is 251 g/mol. The Morgan fingerprint density at radius 1 is 1.56 bits per heavy atom. The molecule has 1 amide bonds. The van der Waals surface area contributed by atoms with Gasteiger partial charge in [0.05, 0.1) is 6.54 Å². The molecular weight excluding hydrogens is 230 g/mol. The van der Waals surface area contributed by atoms with Gasteiger partial charge < -0.3 is 15.6 Å². The van der Waals surface area contributed by atoms with Crippen molar-refractivity contribution in [3.63, 3.8) is 0 Å². The number of rotatable bonds is 6. The summed E-state index contributed by atoms with van der Waals surface area (Å²) < 4.78 is 0. The summed E-state index contributed by atoms with van der Waals surface area (Å²) in [6, 6.07) is 3.81. The van der Waals surface area contributed by atoms with E-state index in [-0.39, 0.29) is 11.9 Å². The van der Waals surface area contributed by atoms with E-state index in [4.69, 9.17) is 5.84 Å². The van der Waals surface area contributed by atoms with E-state index in [0.717, 1.165) is 12.2 Å². The molecule has 0 unspecified atom stereocenters. The number of likely N-dealkylation sites (N-methyl/N-ethyl adjacent to an activating group) is 1. The molecule has 4 N–H and O–H groups in total. The van der Waals surface area contributed by atoms with E-state index in [1.165, 1.54) is 0 Å². The average Bonchev–Trinajstić information content (AvgIpc) is 2.35. The van der Waals surface area contributed by atoms with Crippen LogP contribution in [-0.2, 0) is 4.79 Å². The summed E-state index contributed by atoms with van der Waals surface area (Å²) in [6.07, 6.45) is 1.66. The van der Waals surface area contributed by atoms with Crippen molar-refractivity contribution in [1.82, 2.24) is 10.3 Å². The van der Waals surface area contributed by atoms with Crippen LogP contribution in [0.2, 0.25) is 0 Å². The van der Waals surface area contributed by atoms with Crippen LogP contribution in [0.3, 0.4) is 0 Å². The number of hydrazine groups is 1. The Hall–Kier alpha value is -1.82. The van der Waals surface area contributed by atoms with Crippen molar-refractivity contribution in [3.05, 3.63) is 18.3 Å². The molecule has 0 saturated carbocycles. The lowest BCUT2D eigenvalue weighted by Gasteiger charge is -2.23. The normalized spacial score (nSPS) is 10.3. The molecule has 0 radical (unpaired) electrons. The lowest BCUT2D eigenvalue weighted by atomic mass is 10.3. The van der Waals surface area contributed by atoms with Crippen molar-refractivity contribution >= 4 is 17.4 Å². The lowest BCUT2D eigenvalue weighted by molar-refractivity contribution is -0.120. The second kappa shape index (κ2) is 6.80. The summed E-state index contributed by atoms with van der Waals surface area (Å²) in [4.78, 5) is 17.7. The minimum Gasteiger partial charge on any atom is -0.362 e. The van der Waals surface area contributed by atoms with Gasteiger partial charge in [0.2, 0.25) is 5.91 Å². The van der Waals surface area contributed by atoms with Crippen LogP contribution in [0, 0.1) is 0 Å². The second-order valence-electron chi connectivity index (χ2n) is 4.28. The zero-order valence-electron chi connectivity index (χ0n) is 11.1. The molecule has 0 aliphatic carbocycles. The minimum atomic E-state index is 0.00548. The van der Waals surface area contributed by atoms with Gasteiger partial charge in [-0.25, -0.2) is 10.8 Å². The lowest BCUT2D eigenvalue weighted by Crippen LogP contribution is -2.40. The first-order valence-electron chi connectivity index (χ1n) is 6.03. The van der Waals surface area contributed by atoms with E-state index in [0.29, 0.717) is 12.4 Å². The molecule has 0 saturated heterocycles. The molecule has 0 spiro atoms. The zero-order valence-corrected chi connectivity index (χ0v) is 11.1. The van der Waals surface area contributed by atoms with Gasteiger partial charge in [-0.1, -0.05) is 0 Å². The summed E-state index contributed by atoms with van der Waals surface area (Å²) in [5.74, 6) is 5.90. The third kappa shape index (κ3) is 4.21. The maximum atomic E-state index is 11.7. The quantitative estimate of drug-likeness (QED) is 0.512. The second-order valence-corrected chi connectivity index (χ2v) is 4.28. The number of nitrogen functional groups attached to an aromatic ring is 1. The highest BCUT2D eigenvalue weighted by atomic mass is 16.2. The highest BCUT2D eigenvalue weighted by molar-refractivity contribution is 5.81. The van der Waals surface area contributed by atoms with Crippen molar-refractivity contribution in [2.75, 3.05) is 23.4 Å². The van der Waals surface area contributed by atoms with Crippen LogP contribution in [-0.4, -0.2) is 30.0 Å². The van der Waals surface area contributed by atoms with Gasteiger partial charge in [0.1, 0.15) is 5.82 Å². The van der Waals surface area contributed by atoms with Gasteiger partial charge in [0, 0.05) is 30.5 Å². The van der Waals surface area contributed by atoms with Gasteiger partial charge in [-0.15, -0.1) is 0 Å². The Bertz CT molecular complexity index is 394. The molecule has 100 valence electrons. The zero-order chi connectivity index (χ0) is 13.5. The number of carbonyl (C=O) groups is 1. The molecule has 18 heavy (non-hydrogen) atoms. The molecule has 1 heterocycles. The van der Waals surface area contributed by atoms with Crippen LogP contribution < -0.4 is 21.5 Å². The highest BCUT2D eigenvalue weighted by Crippen LogP contribution is 2.16. The van der Waals surface area contributed by atoms with E-state index >= 15 is 0 Å². The Kier molecular flexibility index (Phi) is 5.38. The fraction of sp³-hybridized carbons (Fsp3) is 0.500. The summed E-state index contributed by atoms with van der Waals surface area (Å²) in [6.45, 7) is 6.94.